The molecule has 0 unspecified atom stereocenters. The van der Waals surface area contributed by atoms with E-state index in [4.69, 9.17) is 43.1 Å². The Morgan fingerprint density at radius 2 is 0.529 bits per heavy atom. The molecule has 96 valence electrons. The summed E-state index contributed by atoms with van der Waals surface area (Å²) in [7, 11) is 0. The van der Waals surface area contributed by atoms with Gasteiger partial charge in [0.05, 0.1) is 0 Å². The predicted molar refractivity (Wildman–Crippen MR) is 51.9 cm³/mol. The van der Waals surface area contributed by atoms with E-state index in [0.29, 0.717) is 0 Å². The van der Waals surface area contributed by atoms with Crippen molar-refractivity contribution in [2.24, 2.45) is 0 Å². The second kappa shape index (κ2) is 13.4. The molecule has 17 heavy (non-hydrogen) atoms. The zero-order valence-electron chi connectivity index (χ0n) is 7.30. The Balaban J connectivity index is -0.0000000400. The van der Waals surface area contributed by atoms with Crippen molar-refractivity contribution >= 4 is 89.3 Å². The summed E-state index contributed by atoms with van der Waals surface area (Å²) in [6.07, 6.45) is 0. The van der Waals surface area contributed by atoms with Gasteiger partial charge in [0.25, 0.3) is 0 Å². The maximum atomic E-state index is 8.87. The fourth-order valence-electron chi connectivity index (χ4n) is 0. The standard InChI is InChI=1S/2Al.3ClH2O3P/c;;3*1-5(2,3)4/h;;3*(H2,2,3,4)/q2*+3;;;/p-6. The van der Waals surface area contributed by atoms with Crippen LogP contribution in [0.25, 0.3) is 0 Å². The van der Waals surface area contributed by atoms with Crippen LogP contribution in [-0.2, 0) is 13.7 Å². The molecular weight excluding hydrogens is 397 g/mol. The second-order valence-electron chi connectivity index (χ2n) is 1.29. The Labute approximate surface area is 132 Å². The molecule has 0 atom stereocenters. The van der Waals surface area contributed by atoms with Crippen molar-refractivity contribution in [2.75, 3.05) is 0 Å². The van der Waals surface area contributed by atoms with Crippen LogP contribution in [0.5, 0.6) is 0 Å². The molecule has 0 amide bonds. The molecule has 0 radical (unpaired) electrons. The molecule has 0 spiro atoms. The predicted octanol–water partition coefficient (Wildman–Crippen LogP) is -3.60. The van der Waals surface area contributed by atoms with Gasteiger partial charge in [0.2, 0.25) is 0 Å². The van der Waals surface area contributed by atoms with Gasteiger partial charge in [0.1, 0.15) is 0 Å². The number of rotatable bonds is 0. The van der Waals surface area contributed by atoms with Gasteiger partial charge in [-0.3, -0.25) is 0 Å². The van der Waals surface area contributed by atoms with Gasteiger partial charge in [-0.05, 0) is 0 Å². The fourth-order valence-corrected chi connectivity index (χ4v) is 0. The van der Waals surface area contributed by atoms with E-state index in [1.54, 1.807) is 0 Å². The Kier molecular flexibility index (Phi) is 24.9. The van der Waals surface area contributed by atoms with E-state index in [1.165, 1.54) is 0 Å². The minimum Gasteiger partial charge on any atom is -0.799 e. The molecule has 9 nitrogen and oxygen atoms in total. The van der Waals surface area contributed by atoms with Gasteiger partial charge in [-0.15, -0.1) is 0 Å². The first kappa shape index (κ1) is 31.7. The summed E-state index contributed by atoms with van der Waals surface area (Å²) in [5.41, 5.74) is 0. The van der Waals surface area contributed by atoms with Crippen LogP contribution in [0.2, 0.25) is 0 Å². The number of halogens is 3. The monoisotopic (exact) mass is 396 g/mol. The molecule has 0 heterocycles. The minimum absolute atomic E-state index is 0. The normalized spacial score (nSPS) is 10.4. The minimum atomic E-state index is -4.67. The Morgan fingerprint density at radius 1 is 0.529 bits per heavy atom. The van der Waals surface area contributed by atoms with Gasteiger partial charge >= 0.3 is 34.7 Å². The summed E-state index contributed by atoms with van der Waals surface area (Å²) in [5.74, 6) is 0. The largest absolute Gasteiger partial charge is 3.00 e. The molecule has 0 aromatic rings. The molecule has 0 aromatic heterocycles. The first-order chi connectivity index (χ1) is 6.00. The molecule has 0 N–H and O–H groups in total. The summed E-state index contributed by atoms with van der Waals surface area (Å²) in [6, 6.07) is 0. The van der Waals surface area contributed by atoms with Crippen LogP contribution in [0.4, 0.5) is 0 Å². The van der Waals surface area contributed by atoms with E-state index in [9.17, 15) is 0 Å². The van der Waals surface area contributed by atoms with Crippen molar-refractivity contribution in [3.05, 3.63) is 0 Å². The van der Waals surface area contributed by atoms with Gasteiger partial charge in [0, 0.05) is 20.8 Å². The van der Waals surface area contributed by atoms with E-state index in [-0.39, 0.29) is 34.7 Å². The molecule has 0 rings (SSSR count). The number of hydrogen-bond donors (Lipinski definition) is 0. The van der Waals surface area contributed by atoms with Crippen LogP contribution in [0, 0.1) is 0 Å². The summed E-state index contributed by atoms with van der Waals surface area (Å²) < 4.78 is 26.6. The molecule has 0 fully saturated rings. The van der Waals surface area contributed by atoms with Crippen molar-refractivity contribution in [3.8, 4) is 0 Å². The molecule has 0 aliphatic carbocycles. The van der Waals surface area contributed by atoms with E-state index < -0.39 is 20.8 Å². The maximum absolute atomic E-state index is 8.87. The number of hydrogen-bond acceptors (Lipinski definition) is 9. The van der Waals surface area contributed by atoms with Gasteiger partial charge in [0.15, 0.2) is 0 Å². The van der Waals surface area contributed by atoms with Gasteiger partial charge in [-0.1, -0.05) is 33.7 Å². The van der Waals surface area contributed by atoms with Crippen LogP contribution in [0.1, 0.15) is 0 Å². The average Bonchev–Trinajstić information content (AvgIpc) is 1.41. The summed E-state index contributed by atoms with van der Waals surface area (Å²) in [5, 5.41) is 0. The van der Waals surface area contributed by atoms with Crippen molar-refractivity contribution in [3.63, 3.8) is 0 Å². The van der Waals surface area contributed by atoms with Crippen molar-refractivity contribution in [1.82, 2.24) is 0 Å². The third-order valence-electron chi connectivity index (χ3n) is 0. The van der Waals surface area contributed by atoms with Gasteiger partial charge in [-0.2, -0.15) is 0 Å². The van der Waals surface area contributed by atoms with E-state index in [1.807, 2.05) is 0 Å². The average molecular weight is 397 g/mol. The molecule has 0 aromatic carbocycles. The van der Waals surface area contributed by atoms with Crippen LogP contribution in [-0.4, -0.2) is 34.7 Å². The van der Waals surface area contributed by atoms with Crippen molar-refractivity contribution < 1.29 is 43.1 Å². The van der Waals surface area contributed by atoms with Crippen molar-refractivity contribution in [2.45, 2.75) is 0 Å². The fraction of sp³-hybridized carbons (Fsp3) is 0. The maximum Gasteiger partial charge on any atom is 3.00 e. The topological polar surface area (TPSA) is 190 Å². The van der Waals surface area contributed by atoms with E-state index >= 15 is 0 Å². The molecule has 0 aliphatic heterocycles. The van der Waals surface area contributed by atoms with E-state index in [0.717, 1.165) is 0 Å². The molecule has 0 bridgehead atoms. The summed E-state index contributed by atoms with van der Waals surface area (Å²) >= 11 is 11.9. The van der Waals surface area contributed by atoms with Crippen LogP contribution < -0.4 is 29.4 Å². The van der Waals surface area contributed by atoms with Crippen molar-refractivity contribution in [1.29, 1.82) is 0 Å². The smallest absolute Gasteiger partial charge is 0.799 e. The van der Waals surface area contributed by atoms with Gasteiger partial charge < -0.3 is 43.1 Å². The Bertz CT molecular complexity index is 216. The SMILES string of the molecule is O=P([O-])([O-])Cl.O=P([O-])([O-])Cl.O=P([O-])([O-])Cl.[Al+3].[Al+3]. The molecular formula is Al2Cl3O9P3. The zero-order valence-corrected chi connectivity index (χ0v) is 14.6. The third kappa shape index (κ3) is 868. The van der Waals surface area contributed by atoms with Crippen LogP contribution >= 0.6 is 54.6 Å². The Morgan fingerprint density at radius 3 is 0.529 bits per heavy atom. The molecule has 0 saturated carbocycles. The quantitative estimate of drug-likeness (QED) is 0.293. The molecule has 0 saturated heterocycles. The van der Waals surface area contributed by atoms with Crippen LogP contribution in [0.15, 0.2) is 0 Å². The Hall–Kier alpha value is 2.38. The van der Waals surface area contributed by atoms with Crippen LogP contribution in [0.3, 0.4) is 0 Å². The first-order valence-electron chi connectivity index (χ1n) is 2.15. The first-order valence-corrected chi connectivity index (χ1v) is 9.49. The van der Waals surface area contributed by atoms with E-state index in [2.05, 4.69) is 33.7 Å². The third-order valence-corrected chi connectivity index (χ3v) is 0. The zero-order chi connectivity index (χ0) is 13.5. The molecule has 17 heteroatoms. The van der Waals surface area contributed by atoms with Gasteiger partial charge in [-0.25, -0.2) is 0 Å². The second-order valence-corrected chi connectivity index (χ2v) is 7.60. The summed E-state index contributed by atoms with van der Waals surface area (Å²) in [6.45, 7) is -14.0. The summed E-state index contributed by atoms with van der Waals surface area (Å²) in [4.78, 5) is 53.2. The molecule has 0 aliphatic rings.